The molecule has 4 N–H and O–H groups in total. The van der Waals surface area contributed by atoms with Gasteiger partial charge in [-0.2, -0.15) is 0 Å². The molecule has 0 rings (SSSR count). The number of aliphatic hydroxyl groups excluding tert-OH is 2. The van der Waals surface area contributed by atoms with E-state index in [4.69, 9.17) is 32.3 Å². The van der Waals surface area contributed by atoms with Crippen LogP contribution in [0.1, 0.15) is 329 Å². The summed E-state index contributed by atoms with van der Waals surface area (Å²) in [5.74, 6) is -1.61. The van der Waals surface area contributed by atoms with Crippen LogP contribution in [0, 0.1) is 0 Å². The number of rotatable bonds is 80. The summed E-state index contributed by atoms with van der Waals surface area (Å²) in [7, 11) is -9.82. The van der Waals surface area contributed by atoms with Crippen molar-refractivity contribution in [3.05, 3.63) is 182 Å². The van der Waals surface area contributed by atoms with Crippen molar-refractivity contribution in [2.24, 2.45) is 0 Å². The van der Waals surface area contributed by atoms with Gasteiger partial charge in [0.15, 0.2) is 6.10 Å². The number of phosphoric ester groups is 2. The maximum atomic E-state index is 13.0. The third-order valence-corrected chi connectivity index (χ3v) is 19.5. The number of carbonyl (C=O) groups excluding carboxylic acids is 3. The van der Waals surface area contributed by atoms with Gasteiger partial charge in [0.1, 0.15) is 25.4 Å². The minimum absolute atomic E-state index is 0.0758. The van der Waals surface area contributed by atoms with Crippen LogP contribution in [-0.4, -0.2) is 95.9 Å². The molecule has 0 aliphatic carbocycles. The highest BCUT2D eigenvalue weighted by molar-refractivity contribution is 7.47. The number of esters is 3. The maximum Gasteiger partial charge on any atom is 0.472 e. The predicted molar refractivity (Wildman–Crippen MR) is 463 cm³/mol. The molecule has 0 aliphatic heterocycles. The fourth-order valence-electron chi connectivity index (χ4n) is 11.2. The van der Waals surface area contributed by atoms with E-state index in [1.807, 2.05) is 0 Å². The zero-order valence-corrected chi connectivity index (χ0v) is 71.1. The Labute approximate surface area is 675 Å². The van der Waals surface area contributed by atoms with Gasteiger partial charge >= 0.3 is 33.6 Å². The largest absolute Gasteiger partial charge is 0.472 e. The number of phosphoric acid groups is 2. The molecule has 16 nitrogen and oxygen atoms in total. The van der Waals surface area contributed by atoms with Crippen LogP contribution in [-0.2, 0) is 55.8 Å². The monoisotopic (exact) mass is 1590 g/mol. The van der Waals surface area contributed by atoms with Gasteiger partial charge in [0, 0.05) is 19.3 Å². The van der Waals surface area contributed by atoms with Crippen molar-refractivity contribution in [1.82, 2.24) is 0 Å². The Morgan fingerprint density at radius 1 is 0.252 bits per heavy atom. The summed E-state index contributed by atoms with van der Waals surface area (Å²) in [6.45, 7) is 2.33. The number of allylic oxidation sites excluding steroid dienone is 30. The van der Waals surface area contributed by atoms with Gasteiger partial charge in [-0.05, 0) is 154 Å². The molecular formula is C93H154O16P2. The lowest BCUT2D eigenvalue weighted by Crippen LogP contribution is -2.30. The van der Waals surface area contributed by atoms with Crippen molar-refractivity contribution >= 4 is 33.6 Å². The van der Waals surface area contributed by atoms with E-state index in [0.717, 1.165) is 186 Å². The molecule has 5 unspecified atom stereocenters. The Kier molecular flexibility index (Phi) is 80.0. The number of carbonyl (C=O) groups is 3. The minimum Gasteiger partial charge on any atom is -0.463 e. The molecule has 0 bridgehead atoms. The van der Waals surface area contributed by atoms with Crippen LogP contribution in [0.4, 0.5) is 0 Å². The first-order chi connectivity index (χ1) is 54.2. The molecule has 0 aromatic heterocycles. The standard InChI is InChI=1S/C93H154O16P2/c1-4-7-10-13-16-19-22-25-28-31-34-37-39-41-43-45-47-50-52-55-58-61-64-67-70-73-76-79-91(96)103-82-88(94)83-105-110(99,100)106-84-89(95)85-107-111(101,102)108-87-90(109-93(98)81-78-75-72-69-66-63-60-57-54-49-36-33-30-27-24-21-18-15-12-9-6-3)86-104-92(97)80-77-74-71-68-65-62-59-56-53-51-48-46-44-42-40-38-35-32-29-26-23-20-17-14-11-8-5-2/h7-12,16-21,25-30,34-38,41-44,49,57,60,88-90,94-95H,4-6,13-15,22-24,31-33,39-40,45-48,50-56,58-59,61-87H2,1-3H3,(H,99,100)(H,101,102)/b10-7-,11-8-,12-9-,19-16-,20-17-,21-18-,28-25-,29-26-,30-27-,37-34-,38-35-,43-41-,44-42-,49-36-,60-57-. The topological polar surface area (TPSA) is 231 Å². The van der Waals surface area contributed by atoms with Crippen molar-refractivity contribution in [3.63, 3.8) is 0 Å². The quantitative estimate of drug-likeness (QED) is 0.0146. The summed E-state index contributed by atoms with van der Waals surface area (Å²) < 4.78 is 61.4. The smallest absolute Gasteiger partial charge is 0.463 e. The molecule has 0 aliphatic rings. The molecule has 0 fully saturated rings. The van der Waals surface area contributed by atoms with Crippen LogP contribution in [0.15, 0.2) is 182 Å². The number of ether oxygens (including phenoxy) is 3. The Balaban J connectivity index is 4.68. The second kappa shape index (κ2) is 84.1. The van der Waals surface area contributed by atoms with E-state index in [2.05, 4.69) is 203 Å². The summed E-state index contributed by atoms with van der Waals surface area (Å²) in [5, 5.41) is 20.7. The number of hydrogen-bond acceptors (Lipinski definition) is 14. The summed E-state index contributed by atoms with van der Waals surface area (Å²) in [5.41, 5.74) is 0. The van der Waals surface area contributed by atoms with Crippen molar-refractivity contribution in [2.45, 2.75) is 347 Å². The molecule has 0 aromatic rings. The van der Waals surface area contributed by atoms with Crippen LogP contribution in [0.5, 0.6) is 0 Å². The van der Waals surface area contributed by atoms with Crippen LogP contribution < -0.4 is 0 Å². The molecule has 632 valence electrons. The summed E-state index contributed by atoms with van der Waals surface area (Å²) in [6.07, 6.45) is 109. The molecule has 0 heterocycles. The zero-order chi connectivity index (χ0) is 80.8. The molecule has 0 amide bonds. The fraction of sp³-hybridized carbons (Fsp3) is 0.645. The highest BCUT2D eigenvalue weighted by Crippen LogP contribution is 2.45. The van der Waals surface area contributed by atoms with E-state index < -0.39 is 91.5 Å². The van der Waals surface area contributed by atoms with Gasteiger partial charge in [-0.25, -0.2) is 9.13 Å². The average Bonchev–Trinajstić information content (AvgIpc) is 0.889. The van der Waals surface area contributed by atoms with Crippen LogP contribution in [0.3, 0.4) is 0 Å². The number of unbranched alkanes of at least 4 members (excludes halogenated alkanes) is 27. The van der Waals surface area contributed by atoms with Gasteiger partial charge < -0.3 is 34.2 Å². The van der Waals surface area contributed by atoms with Gasteiger partial charge in [0.2, 0.25) is 0 Å². The first-order valence-electron chi connectivity index (χ1n) is 43.1. The lowest BCUT2D eigenvalue weighted by Gasteiger charge is -2.21. The van der Waals surface area contributed by atoms with E-state index >= 15 is 0 Å². The number of hydrogen-bond donors (Lipinski definition) is 4. The van der Waals surface area contributed by atoms with Crippen LogP contribution in [0.25, 0.3) is 0 Å². The van der Waals surface area contributed by atoms with Gasteiger partial charge in [-0.3, -0.25) is 32.5 Å². The summed E-state index contributed by atoms with van der Waals surface area (Å²) >= 11 is 0. The molecule has 0 saturated carbocycles. The van der Waals surface area contributed by atoms with E-state index in [9.17, 15) is 43.5 Å². The highest BCUT2D eigenvalue weighted by atomic mass is 31.2. The Hall–Kier alpha value is -5.35. The number of aliphatic hydroxyl groups is 2. The van der Waals surface area contributed by atoms with E-state index in [-0.39, 0.29) is 19.3 Å². The lowest BCUT2D eigenvalue weighted by atomic mass is 10.0. The Bertz CT molecular complexity index is 2750. The zero-order valence-electron chi connectivity index (χ0n) is 69.3. The van der Waals surface area contributed by atoms with Gasteiger partial charge in [0.25, 0.3) is 0 Å². The minimum atomic E-state index is -4.95. The predicted octanol–water partition coefficient (Wildman–Crippen LogP) is 26.1. The van der Waals surface area contributed by atoms with E-state index in [1.165, 1.54) is 83.5 Å². The SMILES string of the molecule is CC/C=C\C/C=C\C/C=C\C/C=C\C/C=C\CCCCCCCCCCCCCC(=O)OCC(O)COP(=O)(O)OCC(O)COP(=O)(O)OCC(COC(=O)CCCCCCCCCCCCC/C=C\C/C=C\C/C=C\C/C=C\C/C=C\CC)OC(=O)CCCCCCC/C=C\C/C=C\C/C=C\C/C=C\C/C=C\CC. The third-order valence-electron chi connectivity index (χ3n) is 17.6. The maximum absolute atomic E-state index is 13.0. The fourth-order valence-corrected chi connectivity index (χ4v) is 12.8. The molecule has 111 heavy (non-hydrogen) atoms. The van der Waals surface area contributed by atoms with E-state index in [1.54, 1.807) is 0 Å². The van der Waals surface area contributed by atoms with Crippen molar-refractivity contribution < 1.29 is 75.8 Å². The highest BCUT2D eigenvalue weighted by Gasteiger charge is 2.29. The van der Waals surface area contributed by atoms with Crippen LogP contribution in [0.2, 0.25) is 0 Å². The molecule has 0 spiro atoms. The van der Waals surface area contributed by atoms with Crippen molar-refractivity contribution in [1.29, 1.82) is 0 Å². The first-order valence-corrected chi connectivity index (χ1v) is 46.1. The average molecular weight is 1590 g/mol. The van der Waals surface area contributed by atoms with Crippen molar-refractivity contribution in [3.8, 4) is 0 Å². The van der Waals surface area contributed by atoms with Gasteiger partial charge in [-0.1, -0.05) is 338 Å². The van der Waals surface area contributed by atoms with Crippen molar-refractivity contribution in [2.75, 3.05) is 39.6 Å². The molecule has 5 atom stereocenters. The Morgan fingerprint density at radius 2 is 0.450 bits per heavy atom. The molecular weight excluding hydrogens is 1430 g/mol. The molecule has 0 radical (unpaired) electrons. The second-order valence-electron chi connectivity index (χ2n) is 28.2. The summed E-state index contributed by atoms with van der Waals surface area (Å²) in [4.78, 5) is 58.9. The Morgan fingerprint density at radius 3 is 0.712 bits per heavy atom. The van der Waals surface area contributed by atoms with Gasteiger partial charge in [0.05, 0.1) is 26.4 Å². The normalized spacial score (nSPS) is 14.8. The molecule has 0 aromatic carbocycles. The van der Waals surface area contributed by atoms with Gasteiger partial charge in [-0.15, -0.1) is 0 Å². The first kappa shape index (κ1) is 106. The van der Waals surface area contributed by atoms with Crippen LogP contribution >= 0.6 is 15.6 Å². The third kappa shape index (κ3) is 85.4. The van der Waals surface area contributed by atoms with E-state index in [0.29, 0.717) is 19.3 Å². The molecule has 18 heteroatoms. The second-order valence-corrected chi connectivity index (χ2v) is 31.1. The molecule has 0 saturated heterocycles. The lowest BCUT2D eigenvalue weighted by molar-refractivity contribution is -0.161. The summed E-state index contributed by atoms with van der Waals surface area (Å²) in [6, 6.07) is 0.